The molecule has 176 valence electrons. The second kappa shape index (κ2) is 13.6. The van der Waals surface area contributed by atoms with Crippen LogP contribution in [-0.2, 0) is 6.42 Å². The lowest BCUT2D eigenvalue weighted by atomic mass is 9.98. The molecule has 1 aromatic rings. The molecule has 0 atom stereocenters. The number of allylic oxidation sites excluding steroid dienone is 8. The van der Waals surface area contributed by atoms with Crippen molar-refractivity contribution in [2.45, 2.75) is 52.9 Å². The molecular formula is C30H41N3. The van der Waals surface area contributed by atoms with Crippen molar-refractivity contribution in [3.63, 3.8) is 0 Å². The first-order valence-electron chi connectivity index (χ1n) is 12.0. The first kappa shape index (κ1) is 26.3. The van der Waals surface area contributed by atoms with Gasteiger partial charge in [-0.2, -0.15) is 0 Å². The Labute approximate surface area is 201 Å². The second-order valence-electron chi connectivity index (χ2n) is 8.88. The molecule has 0 saturated carbocycles. The van der Waals surface area contributed by atoms with Crippen LogP contribution in [0.4, 0.5) is 0 Å². The SMILES string of the molecule is C=C/C=C(\C=C1/CC=C(/C(C)=C\CC)CC(N)=N1)c1ccc(CC(=CCC)CN(C)C)cc1. The summed E-state index contributed by atoms with van der Waals surface area (Å²) in [7, 11) is 4.24. The van der Waals surface area contributed by atoms with Crippen LogP contribution in [0.1, 0.15) is 57.6 Å². The third-order valence-corrected chi connectivity index (χ3v) is 5.58. The van der Waals surface area contributed by atoms with Crippen LogP contribution in [0, 0.1) is 0 Å². The topological polar surface area (TPSA) is 41.6 Å². The van der Waals surface area contributed by atoms with E-state index in [0.29, 0.717) is 12.3 Å². The summed E-state index contributed by atoms with van der Waals surface area (Å²) in [5.74, 6) is 0.665. The van der Waals surface area contributed by atoms with E-state index in [9.17, 15) is 0 Å². The zero-order valence-corrected chi connectivity index (χ0v) is 21.2. The molecule has 0 aromatic heterocycles. The molecule has 0 bridgehead atoms. The number of amidine groups is 1. The molecule has 0 saturated heterocycles. The van der Waals surface area contributed by atoms with E-state index in [2.05, 4.69) is 94.9 Å². The van der Waals surface area contributed by atoms with Crippen molar-refractivity contribution in [3.05, 3.63) is 101 Å². The van der Waals surface area contributed by atoms with Gasteiger partial charge in [-0.3, -0.25) is 0 Å². The van der Waals surface area contributed by atoms with Crippen LogP contribution in [0.5, 0.6) is 0 Å². The fourth-order valence-electron chi connectivity index (χ4n) is 4.09. The average Bonchev–Trinajstić information content (AvgIpc) is 2.95. The van der Waals surface area contributed by atoms with Crippen molar-refractivity contribution in [1.29, 1.82) is 0 Å². The van der Waals surface area contributed by atoms with Crippen LogP contribution in [0.2, 0.25) is 0 Å². The zero-order chi connectivity index (χ0) is 24.2. The monoisotopic (exact) mass is 443 g/mol. The van der Waals surface area contributed by atoms with Crippen molar-refractivity contribution in [2.24, 2.45) is 10.7 Å². The number of nitrogens with zero attached hydrogens (tertiary/aromatic N) is 2. The average molecular weight is 444 g/mol. The van der Waals surface area contributed by atoms with Gasteiger partial charge in [-0.05, 0) is 68.6 Å². The molecule has 0 unspecified atom stereocenters. The maximum absolute atomic E-state index is 6.26. The van der Waals surface area contributed by atoms with Gasteiger partial charge in [0, 0.05) is 25.1 Å². The molecule has 1 heterocycles. The molecule has 0 fully saturated rings. The van der Waals surface area contributed by atoms with Gasteiger partial charge in [0.1, 0.15) is 5.84 Å². The summed E-state index contributed by atoms with van der Waals surface area (Å²) in [4.78, 5) is 6.94. The van der Waals surface area contributed by atoms with E-state index in [1.54, 1.807) is 0 Å². The molecule has 3 nitrogen and oxygen atoms in total. The fourth-order valence-corrected chi connectivity index (χ4v) is 4.09. The van der Waals surface area contributed by atoms with Crippen LogP contribution >= 0.6 is 0 Å². The Morgan fingerprint density at radius 3 is 2.42 bits per heavy atom. The van der Waals surface area contributed by atoms with Gasteiger partial charge < -0.3 is 10.6 Å². The van der Waals surface area contributed by atoms with E-state index in [4.69, 9.17) is 10.7 Å². The van der Waals surface area contributed by atoms with Crippen LogP contribution in [-0.4, -0.2) is 31.4 Å². The molecular weight excluding hydrogens is 402 g/mol. The summed E-state index contributed by atoms with van der Waals surface area (Å²) in [6, 6.07) is 8.84. The molecule has 33 heavy (non-hydrogen) atoms. The summed E-state index contributed by atoms with van der Waals surface area (Å²) in [5.41, 5.74) is 14.8. The minimum Gasteiger partial charge on any atom is -0.387 e. The highest BCUT2D eigenvalue weighted by Gasteiger charge is 2.10. The van der Waals surface area contributed by atoms with E-state index < -0.39 is 0 Å². The Balaban J connectivity index is 2.27. The zero-order valence-electron chi connectivity index (χ0n) is 21.2. The maximum Gasteiger partial charge on any atom is 0.104 e. The smallest absolute Gasteiger partial charge is 0.104 e. The first-order chi connectivity index (χ1) is 15.9. The number of rotatable bonds is 10. The van der Waals surface area contributed by atoms with Gasteiger partial charge in [0.25, 0.3) is 0 Å². The fraction of sp³-hybridized carbons (Fsp3) is 0.367. The minimum atomic E-state index is 0.665. The van der Waals surface area contributed by atoms with E-state index in [0.717, 1.165) is 49.1 Å². The predicted octanol–water partition coefficient (Wildman–Crippen LogP) is 7.01. The van der Waals surface area contributed by atoms with Crippen LogP contribution in [0.3, 0.4) is 0 Å². The molecule has 3 heteroatoms. The molecule has 2 rings (SSSR count). The third kappa shape index (κ3) is 8.86. The lowest BCUT2D eigenvalue weighted by Crippen LogP contribution is -2.16. The summed E-state index contributed by atoms with van der Waals surface area (Å²) in [6.07, 6.45) is 17.4. The van der Waals surface area contributed by atoms with E-state index in [-0.39, 0.29) is 0 Å². The summed E-state index contributed by atoms with van der Waals surface area (Å²) < 4.78 is 0. The summed E-state index contributed by atoms with van der Waals surface area (Å²) in [6.45, 7) is 11.4. The molecule has 2 N–H and O–H groups in total. The number of benzene rings is 1. The van der Waals surface area contributed by atoms with E-state index in [1.807, 2.05) is 12.2 Å². The van der Waals surface area contributed by atoms with Crippen molar-refractivity contribution >= 4 is 11.4 Å². The van der Waals surface area contributed by atoms with Gasteiger partial charge in [0.05, 0.1) is 0 Å². The van der Waals surface area contributed by atoms with Gasteiger partial charge in [0.15, 0.2) is 0 Å². The van der Waals surface area contributed by atoms with Crippen LogP contribution in [0.25, 0.3) is 5.57 Å². The maximum atomic E-state index is 6.26. The molecule has 1 aliphatic rings. The highest BCUT2D eigenvalue weighted by atomic mass is 15.0. The van der Waals surface area contributed by atoms with E-state index >= 15 is 0 Å². The van der Waals surface area contributed by atoms with E-state index in [1.165, 1.54) is 22.3 Å². The van der Waals surface area contributed by atoms with Crippen molar-refractivity contribution < 1.29 is 0 Å². The first-order valence-corrected chi connectivity index (χ1v) is 12.0. The Kier molecular flexibility index (Phi) is 10.9. The number of hydrogen-bond donors (Lipinski definition) is 1. The molecule has 0 aliphatic carbocycles. The van der Waals surface area contributed by atoms with Gasteiger partial charge in [-0.15, -0.1) is 0 Å². The Bertz CT molecular complexity index is 980. The number of nitrogens with two attached hydrogens (primary N) is 1. The highest BCUT2D eigenvalue weighted by molar-refractivity contribution is 5.86. The predicted molar refractivity (Wildman–Crippen MR) is 146 cm³/mol. The molecule has 0 amide bonds. The van der Waals surface area contributed by atoms with Gasteiger partial charge in [-0.25, -0.2) is 4.99 Å². The number of likely N-dealkylation sites (N-methyl/N-ethyl adjacent to an activating group) is 1. The Morgan fingerprint density at radius 2 is 1.82 bits per heavy atom. The minimum absolute atomic E-state index is 0.665. The molecule has 1 aromatic carbocycles. The lowest BCUT2D eigenvalue weighted by molar-refractivity contribution is 0.441. The molecule has 0 radical (unpaired) electrons. The van der Waals surface area contributed by atoms with Gasteiger partial charge in [0.2, 0.25) is 0 Å². The van der Waals surface area contributed by atoms with Gasteiger partial charge >= 0.3 is 0 Å². The number of hydrogen-bond acceptors (Lipinski definition) is 3. The third-order valence-electron chi connectivity index (χ3n) is 5.58. The number of aliphatic imine (C=N–C) groups is 1. The second-order valence-corrected chi connectivity index (χ2v) is 8.88. The summed E-state index contributed by atoms with van der Waals surface area (Å²) in [5, 5.41) is 0. The largest absolute Gasteiger partial charge is 0.387 e. The normalized spacial score (nSPS) is 17.2. The highest BCUT2D eigenvalue weighted by Crippen LogP contribution is 2.25. The lowest BCUT2D eigenvalue weighted by Gasteiger charge is -2.14. The van der Waals surface area contributed by atoms with Crippen molar-refractivity contribution in [3.8, 4) is 0 Å². The van der Waals surface area contributed by atoms with Crippen LogP contribution in [0.15, 0.2) is 94.7 Å². The Hall–Kier alpha value is -2.91. The van der Waals surface area contributed by atoms with Crippen molar-refractivity contribution in [1.82, 2.24) is 4.90 Å². The van der Waals surface area contributed by atoms with Crippen LogP contribution < -0.4 is 5.73 Å². The molecule has 1 aliphatic heterocycles. The van der Waals surface area contributed by atoms with Crippen molar-refractivity contribution in [2.75, 3.05) is 20.6 Å². The Morgan fingerprint density at radius 1 is 1.12 bits per heavy atom. The molecule has 0 spiro atoms. The van der Waals surface area contributed by atoms with Gasteiger partial charge in [-0.1, -0.05) is 86.2 Å². The quantitative estimate of drug-likeness (QED) is 0.312. The summed E-state index contributed by atoms with van der Waals surface area (Å²) >= 11 is 0. The standard InChI is InChI=1S/C30H41N3/c1-7-10-23(4)27-17-18-29(32-30(31)21-27)20-28(12-9-3)26-15-13-24(14-16-26)19-25(11-8-2)22-33(5)6/h9-17,20H,3,7-8,18-19,21-22H2,1-2,4-6H3,(H2,31,32)/b23-10-,25-11?,28-12+,29-20+.